The van der Waals surface area contributed by atoms with Gasteiger partial charge in [0.15, 0.2) is 5.82 Å². The topological polar surface area (TPSA) is 118 Å². The summed E-state index contributed by atoms with van der Waals surface area (Å²) in [5, 5.41) is 26.5. The minimum Gasteiger partial charge on any atom is -0.508 e. The van der Waals surface area contributed by atoms with E-state index in [4.69, 9.17) is 9.26 Å². The van der Waals surface area contributed by atoms with Gasteiger partial charge in [0.1, 0.15) is 24.2 Å². The fourth-order valence-electron chi connectivity index (χ4n) is 3.49. The number of aliphatic hydroxyl groups excluding tert-OH is 1. The Labute approximate surface area is 212 Å². The highest BCUT2D eigenvalue weighted by Crippen LogP contribution is 2.16. The van der Waals surface area contributed by atoms with E-state index < -0.39 is 16.9 Å². The van der Waals surface area contributed by atoms with Gasteiger partial charge in [-0.15, -0.1) is 0 Å². The molecule has 4 aromatic rings. The highest BCUT2D eigenvalue weighted by Gasteiger charge is 2.12. The van der Waals surface area contributed by atoms with Gasteiger partial charge in [0, 0.05) is 11.4 Å². The van der Waals surface area contributed by atoms with E-state index in [9.17, 15) is 14.4 Å². The summed E-state index contributed by atoms with van der Waals surface area (Å²) in [5.41, 5.74) is 2.18. The van der Waals surface area contributed by atoms with Gasteiger partial charge in [-0.2, -0.15) is 4.98 Å². The number of aromatic nitrogens is 2. The van der Waals surface area contributed by atoms with Crippen molar-refractivity contribution in [2.75, 3.05) is 19.7 Å². The van der Waals surface area contributed by atoms with Crippen LogP contribution < -0.4 is 10.1 Å². The van der Waals surface area contributed by atoms with E-state index >= 15 is 0 Å². The predicted octanol–water partition coefficient (Wildman–Crippen LogP) is 3.25. The van der Waals surface area contributed by atoms with E-state index in [1.165, 1.54) is 12.1 Å². The third kappa shape index (κ3) is 8.01. The molecule has 0 fully saturated rings. The Hall–Kier alpha value is -3.53. The molecule has 1 unspecified atom stereocenters. The number of nitrogens with one attached hydrogen (secondary N) is 1. The highest BCUT2D eigenvalue weighted by atomic mass is 32.2. The molecule has 3 aromatic carbocycles. The van der Waals surface area contributed by atoms with Crippen molar-refractivity contribution in [3.8, 4) is 11.5 Å². The molecule has 36 heavy (non-hydrogen) atoms. The van der Waals surface area contributed by atoms with Crippen LogP contribution in [0.5, 0.6) is 11.5 Å². The molecule has 0 spiro atoms. The second kappa shape index (κ2) is 13.0. The Morgan fingerprint density at radius 1 is 0.972 bits per heavy atom. The molecule has 2 atom stereocenters. The zero-order chi connectivity index (χ0) is 25.2. The van der Waals surface area contributed by atoms with Crippen LogP contribution in [0.3, 0.4) is 0 Å². The van der Waals surface area contributed by atoms with Crippen LogP contribution in [0, 0.1) is 0 Å². The van der Waals surface area contributed by atoms with Crippen molar-refractivity contribution in [3.63, 3.8) is 0 Å². The summed E-state index contributed by atoms with van der Waals surface area (Å²) in [6.07, 6.45) is 0.666. The van der Waals surface area contributed by atoms with Crippen LogP contribution in [0.2, 0.25) is 0 Å². The molecule has 1 aromatic heterocycles. The lowest BCUT2D eigenvalue weighted by Gasteiger charge is -2.13. The Morgan fingerprint density at radius 2 is 1.72 bits per heavy atom. The average molecular weight is 508 g/mol. The molecule has 0 aliphatic heterocycles. The van der Waals surface area contributed by atoms with Crippen LogP contribution in [-0.2, 0) is 29.4 Å². The van der Waals surface area contributed by atoms with Crippen molar-refractivity contribution in [2.24, 2.45) is 0 Å². The summed E-state index contributed by atoms with van der Waals surface area (Å²) in [6.45, 7) is 1.25. The Bertz CT molecular complexity index is 1230. The number of rotatable bonds is 13. The summed E-state index contributed by atoms with van der Waals surface area (Å²) in [5.74, 6) is 1.90. The predicted molar refractivity (Wildman–Crippen MR) is 136 cm³/mol. The van der Waals surface area contributed by atoms with Crippen molar-refractivity contribution in [3.05, 3.63) is 102 Å². The number of ether oxygens (including phenoxy) is 1. The van der Waals surface area contributed by atoms with Gasteiger partial charge in [-0.25, -0.2) is 0 Å². The van der Waals surface area contributed by atoms with Gasteiger partial charge < -0.3 is 24.8 Å². The molecule has 0 amide bonds. The van der Waals surface area contributed by atoms with Crippen LogP contribution in [-0.4, -0.2) is 50.4 Å². The fourth-order valence-corrected chi connectivity index (χ4v) is 4.45. The minimum absolute atomic E-state index is 0.159. The number of aliphatic hydroxyl groups is 1. The molecular formula is C27H29N3O5S. The van der Waals surface area contributed by atoms with Crippen LogP contribution in [0.1, 0.15) is 22.8 Å². The number of hydrogen-bond acceptors (Lipinski definition) is 8. The Morgan fingerprint density at radius 3 is 2.47 bits per heavy atom. The first-order chi connectivity index (χ1) is 17.5. The molecule has 0 aliphatic carbocycles. The number of benzene rings is 3. The van der Waals surface area contributed by atoms with Crippen molar-refractivity contribution >= 4 is 10.8 Å². The van der Waals surface area contributed by atoms with Gasteiger partial charge in [0.2, 0.25) is 5.89 Å². The van der Waals surface area contributed by atoms with Crippen molar-refractivity contribution in [1.29, 1.82) is 0 Å². The number of phenols is 1. The maximum Gasteiger partial charge on any atom is 0.231 e. The molecule has 188 valence electrons. The Kier molecular flexibility index (Phi) is 9.21. The zero-order valence-corrected chi connectivity index (χ0v) is 20.6. The van der Waals surface area contributed by atoms with Crippen LogP contribution in [0.4, 0.5) is 0 Å². The van der Waals surface area contributed by atoms with Gasteiger partial charge in [-0.1, -0.05) is 47.6 Å². The Balaban J connectivity index is 1.16. The summed E-state index contributed by atoms with van der Waals surface area (Å²) in [7, 11) is -1.27. The normalized spacial score (nSPS) is 12.8. The van der Waals surface area contributed by atoms with Crippen molar-refractivity contribution < 1.29 is 23.7 Å². The molecule has 8 nitrogen and oxygen atoms in total. The van der Waals surface area contributed by atoms with E-state index in [1.54, 1.807) is 12.1 Å². The quantitative estimate of drug-likeness (QED) is 0.236. The van der Waals surface area contributed by atoms with E-state index in [2.05, 4.69) is 15.5 Å². The monoisotopic (exact) mass is 507 g/mol. The van der Waals surface area contributed by atoms with Gasteiger partial charge >= 0.3 is 0 Å². The lowest BCUT2D eigenvalue weighted by atomic mass is 10.1. The molecule has 0 saturated carbocycles. The second-order valence-electron chi connectivity index (χ2n) is 8.31. The molecule has 0 radical (unpaired) electrons. The average Bonchev–Trinajstić information content (AvgIpc) is 3.33. The number of nitrogens with zero attached hydrogens (tertiary/aromatic N) is 2. The van der Waals surface area contributed by atoms with Gasteiger partial charge in [0.05, 0.1) is 23.0 Å². The van der Waals surface area contributed by atoms with Gasteiger partial charge in [-0.05, 0) is 60.5 Å². The first kappa shape index (κ1) is 25.6. The lowest BCUT2D eigenvalue weighted by molar-refractivity contribution is 0.106. The van der Waals surface area contributed by atoms with E-state index in [0.717, 1.165) is 17.5 Å². The number of aromatic hydroxyl groups is 1. The first-order valence-electron chi connectivity index (χ1n) is 11.7. The minimum atomic E-state index is -1.27. The van der Waals surface area contributed by atoms with E-state index in [1.807, 2.05) is 54.6 Å². The highest BCUT2D eigenvalue weighted by molar-refractivity contribution is 7.84. The fraction of sp³-hybridized carbons (Fsp3) is 0.259. The molecule has 0 saturated heterocycles. The summed E-state index contributed by atoms with van der Waals surface area (Å²) >= 11 is 0. The van der Waals surface area contributed by atoms with Crippen LogP contribution >= 0.6 is 0 Å². The molecular weight excluding hydrogens is 478 g/mol. The largest absolute Gasteiger partial charge is 0.508 e. The van der Waals surface area contributed by atoms with Crippen LogP contribution in [0.25, 0.3) is 0 Å². The molecule has 0 bridgehead atoms. The number of hydrogen-bond donors (Lipinski definition) is 3. The standard InChI is InChI=1S/C27H29N3O5S/c31-22-8-10-24(11-9-22)34-18-23(32)17-28-15-14-20-6-12-25(13-7-20)36(33)19-26-29-27(35-30-26)16-21-4-2-1-3-5-21/h1-13,23,28,31-32H,14-19H2/t23-,36?/m1/s1. The van der Waals surface area contributed by atoms with Gasteiger partial charge in [0.25, 0.3) is 0 Å². The van der Waals surface area contributed by atoms with E-state index in [0.29, 0.717) is 41.9 Å². The van der Waals surface area contributed by atoms with Crippen LogP contribution in [0.15, 0.2) is 88.3 Å². The van der Waals surface area contributed by atoms with Crippen molar-refractivity contribution in [2.45, 2.75) is 29.6 Å². The first-order valence-corrected chi connectivity index (χ1v) is 13.0. The molecule has 4 rings (SSSR count). The van der Waals surface area contributed by atoms with Crippen molar-refractivity contribution in [1.82, 2.24) is 15.5 Å². The number of phenolic OH excluding ortho intramolecular Hbond substituents is 1. The smallest absolute Gasteiger partial charge is 0.231 e. The maximum absolute atomic E-state index is 12.7. The van der Waals surface area contributed by atoms with Gasteiger partial charge in [-0.3, -0.25) is 4.21 Å². The SMILES string of the molecule is O=S(Cc1noc(Cc2ccccc2)n1)c1ccc(CCNC[C@@H](O)COc2ccc(O)cc2)cc1. The summed E-state index contributed by atoms with van der Waals surface area (Å²) in [4.78, 5) is 5.08. The third-order valence-corrected chi connectivity index (χ3v) is 6.72. The van der Waals surface area contributed by atoms with E-state index in [-0.39, 0.29) is 18.1 Å². The maximum atomic E-state index is 12.7. The summed E-state index contributed by atoms with van der Waals surface area (Å²) < 4.78 is 23.5. The molecule has 1 heterocycles. The second-order valence-corrected chi connectivity index (χ2v) is 9.76. The lowest BCUT2D eigenvalue weighted by Crippen LogP contribution is -2.32. The summed E-state index contributed by atoms with van der Waals surface area (Å²) in [6, 6.07) is 23.9. The molecule has 3 N–H and O–H groups in total. The molecule has 9 heteroatoms. The molecule has 0 aliphatic rings. The third-order valence-electron chi connectivity index (χ3n) is 5.40. The zero-order valence-electron chi connectivity index (χ0n) is 19.7.